The summed E-state index contributed by atoms with van der Waals surface area (Å²) in [4.78, 5) is 23.2. The van der Waals surface area contributed by atoms with Crippen LogP contribution in [0.4, 0.5) is 19.1 Å². The van der Waals surface area contributed by atoms with Crippen LogP contribution in [-0.2, 0) is 11.2 Å². The Bertz CT molecular complexity index is 1150. The Labute approximate surface area is 213 Å². The first-order valence-corrected chi connectivity index (χ1v) is 12.6. The van der Waals surface area contributed by atoms with Gasteiger partial charge in [0.25, 0.3) is 5.91 Å². The minimum atomic E-state index is -4.61. The van der Waals surface area contributed by atoms with Crippen LogP contribution in [0.2, 0.25) is 0 Å². The molecule has 2 aromatic heterocycles. The molecule has 0 bridgehead atoms. The lowest BCUT2D eigenvalue weighted by molar-refractivity contribution is -0.325. The predicted molar refractivity (Wildman–Crippen MR) is 134 cm³/mol. The van der Waals surface area contributed by atoms with Gasteiger partial charge in [-0.15, -0.1) is 23.4 Å². The average molecular weight is 522 g/mol. The molecular formula is C25H34F3N7O2. The summed E-state index contributed by atoms with van der Waals surface area (Å²) in [5, 5.41) is 12.5. The number of carbonyl (C=O) groups excluding carboxylic acids is 1. The van der Waals surface area contributed by atoms with E-state index in [9.17, 15) is 18.0 Å². The minimum Gasteiger partial charge on any atom is -0.361 e. The molecule has 12 heteroatoms. The second kappa shape index (κ2) is 12.0. The molecular weight excluding hydrogens is 487 g/mol. The second-order valence-corrected chi connectivity index (χ2v) is 9.83. The number of aromatic nitrogens is 4. The number of alkyl halides is 3. The molecule has 1 amide bonds. The molecule has 1 aromatic carbocycles. The molecule has 37 heavy (non-hydrogen) atoms. The first-order valence-electron chi connectivity index (χ1n) is 12.6. The Hall–Kier alpha value is -3.12. The largest absolute Gasteiger partial charge is 0.522 e. The number of hydrogen-bond donors (Lipinski definition) is 3. The van der Waals surface area contributed by atoms with Gasteiger partial charge in [-0.25, -0.2) is 0 Å². The van der Waals surface area contributed by atoms with Crippen LogP contribution in [0.5, 0.6) is 0 Å². The number of benzene rings is 1. The molecule has 3 aromatic rings. The van der Waals surface area contributed by atoms with E-state index in [-0.39, 0.29) is 24.3 Å². The molecule has 3 N–H and O–H groups in total. The van der Waals surface area contributed by atoms with Gasteiger partial charge < -0.3 is 20.2 Å². The number of ether oxygens (including phenoxy) is 1. The summed E-state index contributed by atoms with van der Waals surface area (Å²) >= 11 is 0. The number of nitrogens with one attached hydrogen (secondary N) is 3. The molecule has 1 atom stereocenters. The quantitative estimate of drug-likeness (QED) is 0.356. The van der Waals surface area contributed by atoms with E-state index in [4.69, 9.17) is 0 Å². The molecule has 0 spiro atoms. The number of hydrogen-bond acceptors (Lipinski definition) is 6. The number of anilines is 1. The maximum Gasteiger partial charge on any atom is 0.522 e. The molecule has 0 aliphatic carbocycles. The molecule has 1 saturated heterocycles. The number of piperazine rings is 1. The van der Waals surface area contributed by atoms with Crippen LogP contribution >= 0.6 is 0 Å². The molecule has 4 rings (SSSR count). The number of nitrogens with zero attached hydrogens (tertiary/aromatic N) is 4. The molecule has 1 aliphatic heterocycles. The van der Waals surface area contributed by atoms with E-state index in [0.29, 0.717) is 44.5 Å². The number of H-pyrrole nitrogens is 2. The Balaban J connectivity index is 1.33. The van der Waals surface area contributed by atoms with Crippen molar-refractivity contribution in [2.24, 2.45) is 5.92 Å². The van der Waals surface area contributed by atoms with Crippen molar-refractivity contribution in [1.82, 2.24) is 30.4 Å². The first kappa shape index (κ1) is 26.9. The van der Waals surface area contributed by atoms with E-state index in [2.05, 4.69) is 50.1 Å². The van der Waals surface area contributed by atoms with Gasteiger partial charge in [0.1, 0.15) is 0 Å². The van der Waals surface area contributed by atoms with Crippen LogP contribution in [0, 0.1) is 5.92 Å². The predicted octanol–water partition coefficient (Wildman–Crippen LogP) is 3.72. The number of amides is 1. The maximum atomic E-state index is 13.1. The van der Waals surface area contributed by atoms with Crippen LogP contribution < -0.4 is 10.2 Å². The molecule has 1 fully saturated rings. The van der Waals surface area contributed by atoms with Gasteiger partial charge in [-0.2, -0.15) is 0 Å². The first-order chi connectivity index (χ1) is 17.7. The van der Waals surface area contributed by atoms with Gasteiger partial charge in [-0.3, -0.25) is 14.4 Å². The molecule has 1 aliphatic rings. The van der Waals surface area contributed by atoms with Crippen molar-refractivity contribution in [2.45, 2.75) is 45.5 Å². The van der Waals surface area contributed by atoms with Crippen LogP contribution in [-0.4, -0.2) is 82.7 Å². The van der Waals surface area contributed by atoms with E-state index in [1.54, 1.807) is 0 Å². The average Bonchev–Trinajstić information content (AvgIpc) is 3.50. The second-order valence-electron chi connectivity index (χ2n) is 9.83. The molecule has 202 valence electrons. The summed E-state index contributed by atoms with van der Waals surface area (Å²) in [7, 11) is 0. The van der Waals surface area contributed by atoms with Gasteiger partial charge >= 0.3 is 6.36 Å². The van der Waals surface area contributed by atoms with E-state index < -0.39 is 13.0 Å². The van der Waals surface area contributed by atoms with Crippen LogP contribution in [0.1, 0.15) is 42.9 Å². The minimum absolute atomic E-state index is 0.0647. The van der Waals surface area contributed by atoms with Gasteiger partial charge in [0.15, 0.2) is 0 Å². The fourth-order valence-electron chi connectivity index (χ4n) is 4.55. The monoisotopic (exact) mass is 521 g/mol. The Morgan fingerprint density at radius 3 is 2.62 bits per heavy atom. The van der Waals surface area contributed by atoms with E-state index in [0.717, 1.165) is 29.3 Å². The number of para-hydroxylation sites is 1. The normalized spacial score (nSPS) is 16.0. The number of halogens is 3. The lowest BCUT2D eigenvalue weighted by Gasteiger charge is -2.34. The summed E-state index contributed by atoms with van der Waals surface area (Å²) in [5.41, 5.74) is 2.22. The van der Waals surface area contributed by atoms with Gasteiger partial charge in [0.05, 0.1) is 6.61 Å². The highest BCUT2D eigenvalue weighted by atomic mass is 19.4. The van der Waals surface area contributed by atoms with E-state index in [1.807, 2.05) is 34.2 Å². The zero-order valence-corrected chi connectivity index (χ0v) is 21.1. The van der Waals surface area contributed by atoms with Gasteiger partial charge in [0.2, 0.25) is 11.8 Å². The van der Waals surface area contributed by atoms with Crippen molar-refractivity contribution in [3.8, 4) is 0 Å². The lowest BCUT2D eigenvalue weighted by Crippen LogP contribution is -2.48. The summed E-state index contributed by atoms with van der Waals surface area (Å²) < 4.78 is 40.4. The van der Waals surface area contributed by atoms with Gasteiger partial charge in [-0.05, 0) is 36.8 Å². The van der Waals surface area contributed by atoms with Crippen molar-refractivity contribution in [3.05, 3.63) is 41.9 Å². The summed E-state index contributed by atoms with van der Waals surface area (Å²) in [6, 6.07) is 8.05. The van der Waals surface area contributed by atoms with Crippen molar-refractivity contribution in [3.63, 3.8) is 0 Å². The molecule has 3 heterocycles. The number of aromatic amines is 2. The third kappa shape index (κ3) is 7.68. The Morgan fingerprint density at radius 1 is 1.14 bits per heavy atom. The van der Waals surface area contributed by atoms with Crippen molar-refractivity contribution in [1.29, 1.82) is 0 Å². The molecule has 0 radical (unpaired) electrons. The molecule has 0 saturated carbocycles. The molecule has 1 unspecified atom stereocenters. The number of fused-ring (bicyclic) bond motifs is 1. The van der Waals surface area contributed by atoms with E-state index >= 15 is 0 Å². The Morgan fingerprint density at radius 2 is 1.89 bits per heavy atom. The zero-order chi connectivity index (χ0) is 26.4. The van der Waals surface area contributed by atoms with Gasteiger partial charge in [0, 0.05) is 55.9 Å². The van der Waals surface area contributed by atoms with Crippen LogP contribution in [0.3, 0.4) is 0 Å². The third-order valence-electron chi connectivity index (χ3n) is 6.60. The summed E-state index contributed by atoms with van der Waals surface area (Å²) in [6.07, 6.45) is -0.0941. The Kier molecular flexibility index (Phi) is 8.70. The van der Waals surface area contributed by atoms with Crippen molar-refractivity contribution < 1.29 is 22.7 Å². The smallest absolute Gasteiger partial charge is 0.361 e. The molecule has 9 nitrogen and oxygen atoms in total. The maximum absolute atomic E-state index is 13.1. The zero-order valence-electron chi connectivity index (χ0n) is 21.1. The highest BCUT2D eigenvalue weighted by Gasteiger charge is 2.29. The fraction of sp³-hybridized carbons (Fsp3) is 0.560. The fourth-order valence-corrected chi connectivity index (χ4v) is 4.55. The summed E-state index contributed by atoms with van der Waals surface area (Å²) in [6.45, 7) is 6.36. The van der Waals surface area contributed by atoms with E-state index in [1.165, 1.54) is 0 Å². The highest BCUT2D eigenvalue weighted by Crippen LogP contribution is 2.21. The highest BCUT2D eigenvalue weighted by molar-refractivity contribution is 5.91. The SMILES string of the molecule is CC(C)CCC(Cc1c[nH]c2ccccc12)NC(=O)c1nnc(N2CCN(CCOC(F)(F)F)CC2)[nH]1. The van der Waals surface area contributed by atoms with Crippen LogP contribution in [0.15, 0.2) is 30.5 Å². The summed E-state index contributed by atoms with van der Waals surface area (Å²) in [5.74, 6) is 0.824. The number of carbonyl (C=O) groups is 1. The standard InChI is InChI=1S/C25H34F3N7O2/c1-17(2)7-8-19(15-18-16-29-21-6-4-3-5-20(18)21)30-23(36)22-31-24(33-32-22)35-11-9-34(10-12-35)13-14-37-25(26,27)28/h3-6,16-17,19,29H,7-15H2,1-2H3,(H,30,36)(H,31,32,33). The number of rotatable bonds is 11. The van der Waals surface area contributed by atoms with Crippen molar-refractivity contribution in [2.75, 3.05) is 44.2 Å². The topological polar surface area (TPSA) is 102 Å². The van der Waals surface area contributed by atoms with Gasteiger partial charge in [-0.1, -0.05) is 32.0 Å². The van der Waals surface area contributed by atoms with Crippen LogP contribution in [0.25, 0.3) is 10.9 Å². The lowest BCUT2D eigenvalue weighted by atomic mass is 9.97. The third-order valence-corrected chi connectivity index (χ3v) is 6.60. The van der Waals surface area contributed by atoms with Crippen molar-refractivity contribution >= 4 is 22.8 Å².